The van der Waals surface area contributed by atoms with Crippen molar-refractivity contribution >= 4 is 22.5 Å². The first kappa shape index (κ1) is 14.3. The van der Waals surface area contributed by atoms with Gasteiger partial charge >= 0.3 is 0 Å². The maximum absolute atomic E-state index is 12.1. The van der Waals surface area contributed by atoms with E-state index in [4.69, 9.17) is 5.84 Å². The highest BCUT2D eigenvalue weighted by molar-refractivity contribution is 6.00. The number of benzene rings is 1. The molecule has 0 aliphatic carbocycles. The number of pyridine rings is 1. The third-order valence-electron chi connectivity index (χ3n) is 3.18. The van der Waals surface area contributed by atoms with Crippen molar-refractivity contribution in [1.82, 2.24) is 10.3 Å². The van der Waals surface area contributed by atoms with Gasteiger partial charge in [0.25, 0.3) is 5.91 Å². The van der Waals surface area contributed by atoms with Crippen molar-refractivity contribution in [2.45, 2.75) is 26.2 Å². The lowest BCUT2D eigenvalue weighted by Gasteiger charge is -2.09. The number of carbonyl (C=O) groups is 1. The predicted molar refractivity (Wildman–Crippen MR) is 81.4 cm³/mol. The second-order valence-corrected chi connectivity index (χ2v) is 4.68. The van der Waals surface area contributed by atoms with Crippen molar-refractivity contribution in [2.24, 2.45) is 5.84 Å². The van der Waals surface area contributed by atoms with Gasteiger partial charge in [0, 0.05) is 11.9 Å². The Bertz CT molecular complexity index is 597. The van der Waals surface area contributed by atoms with E-state index >= 15 is 0 Å². The second-order valence-electron chi connectivity index (χ2n) is 4.68. The number of aromatic nitrogens is 1. The lowest BCUT2D eigenvalue weighted by molar-refractivity contribution is 0.0948. The lowest BCUT2D eigenvalue weighted by atomic mass is 10.1. The molecular formula is C15H20N4O. The van der Waals surface area contributed by atoms with E-state index in [0.29, 0.717) is 18.1 Å². The molecule has 0 unspecified atom stereocenters. The van der Waals surface area contributed by atoms with E-state index in [1.54, 1.807) is 6.07 Å². The summed E-state index contributed by atoms with van der Waals surface area (Å²) in [6, 6.07) is 9.47. The quantitative estimate of drug-likeness (QED) is 0.428. The maximum atomic E-state index is 12.1. The first-order chi connectivity index (χ1) is 9.76. The molecule has 5 heteroatoms. The third kappa shape index (κ3) is 3.24. The average molecular weight is 272 g/mol. The number of hydrazine groups is 1. The minimum absolute atomic E-state index is 0.164. The highest BCUT2D eigenvalue weighted by atomic mass is 16.1. The van der Waals surface area contributed by atoms with Gasteiger partial charge in [0.05, 0.1) is 0 Å². The van der Waals surface area contributed by atoms with Crippen LogP contribution in [0.4, 0.5) is 5.82 Å². The van der Waals surface area contributed by atoms with Gasteiger partial charge in [-0.25, -0.2) is 10.8 Å². The fraction of sp³-hybridized carbons (Fsp3) is 0.333. The molecule has 1 amide bonds. The van der Waals surface area contributed by atoms with Crippen LogP contribution in [0.25, 0.3) is 10.8 Å². The molecule has 106 valence electrons. The van der Waals surface area contributed by atoms with Crippen molar-refractivity contribution in [3.63, 3.8) is 0 Å². The second kappa shape index (κ2) is 6.86. The number of unbranched alkanes of at least 4 members (excludes halogenated alkanes) is 2. The van der Waals surface area contributed by atoms with Crippen LogP contribution in [0.15, 0.2) is 30.3 Å². The number of hydrogen-bond donors (Lipinski definition) is 3. The topological polar surface area (TPSA) is 80.0 Å². The van der Waals surface area contributed by atoms with Gasteiger partial charge in [-0.3, -0.25) is 4.79 Å². The number of nitrogen functional groups attached to an aromatic ring is 1. The van der Waals surface area contributed by atoms with Crippen LogP contribution in [-0.2, 0) is 0 Å². The van der Waals surface area contributed by atoms with Crippen molar-refractivity contribution in [1.29, 1.82) is 0 Å². The molecule has 0 spiro atoms. The molecule has 5 nitrogen and oxygen atoms in total. The van der Waals surface area contributed by atoms with E-state index in [1.165, 1.54) is 0 Å². The first-order valence-corrected chi connectivity index (χ1v) is 6.91. The Kier molecular flexibility index (Phi) is 4.90. The van der Waals surface area contributed by atoms with Crippen LogP contribution >= 0.6 is 0 Å². The van der Waals surface area contributed by atoms with Crippen LogP contribution in [0.5, 0.6) is 0 Å². The highest BCUT2D eigenvalue weighted by Crippen LogP contribution is 2.21. The summed E-state index contributed by atoms with van der Waals surface area (Å²) >= 11 is 0. The molecule has 0 aliphatic rings. The fourth-order valence-electron chi connectivity index (χ4n) is 2.09. The van der Waals surface area contributed by atoms with E-state index < -0.39 is 0 Å². The summed E-state index contributed by atoms with van der Waals surface area (Å²) in [5.41, 5.74) is 2.93. The summed E-state index contributed by atoms with van der Waals surface area (Å²) in [6.07, 6.45) is 3.23. The molecule has 2 rings (SSSR count). The van der Waals surface area contributed by atoms with E-state index in [-0.39, 0.29) is 5.91 Å². The number of rotatable bonds is 6. The van der Waals surface area contributed by atoms with E-state index in [2.05, 4.69) is 22.7 Å². The fourth-order valence-corrected chi connectivity index (χ4v) is 2.09. The predicted octanol–water partition coefficient (Wildman–Crippen LogP) is 2.44. The summed E-state index contributed by atoms with van der Waals surface area (Å²) in [4.78, 5) is 16.3. The number of nitrogens with two attached hydrogens (primary N) is 1. The van der Waals surface area contributed by atoms with Crippen molar-refractivity contribution < 1.29 is 4.79 Å². The Hall–Kier alpha value is -2.14. The molecular weight excluding hydrogens is 252 g/mol. The summed E-state index contributed by atoms with van der Waals surface area (Å²) in [6.45, 7) is 2.80. The van der Waals surface area contributed by atoms with Gasteiger partial charge in [-0.1, -0.05) is 44.0 Å². The van der Waals surface area contributed by atoms with Crippen molar-refractivity contribution in [2.75, 3.05) is 12.0 Å². The summed E-state index contributed by atoms with van der Waals surface area (Å²) in [7, 11) is 0. The Morgan fingerprint density at radius 2 is 2.10 bits per heavy atom. The zero-order valence-electron chi connectivity index (χ0n) is 11.6. The normalized spacial score (nSPS) is 10.5. The lowest BCUT2D eigenvalue weighted by Crippen LogP contribution is -2.26. The van der Waals surface area contributed by atoms with Gasteiger partial charge in [0.2, 0.25) is 0 Å². The van der Waals surface area contributed by atoms with Crippen LogP contribution in [-0.4, -0.2) is 17.4 Å². The van der Waals surface area contributed by atoms with Crippen LogP contribution in [0.3, 0.4) is 0 Å². The molecule has 2 aromatic rings. The van der Waals surface area contributed by atoms with Crippen LogP contribution in [0, 0.1) is 0 Å². The van der Waals surface area contributed by atoms with Gasteiger partial charge in [-0.05, 0) is 17.9 Å². The largest absolute Gasteiger partial charge is 0.351 e. The number of hydrogen-bond acceptors (Lipinski definition) is 4. The van der Waals surface area contributed by atoms with Gasteiger partial charge in [0.15, 0.2) is 0 Å². The Morgan fingerprint density at radius 3 is 2.85 bits per heavy atom. The SMILES string of the molecule is CCCCCNC(=O)c1cc2ccccc2c(NN)n1. The molecule has 1 aromatic carbocycles. The van der Waals surface area contributed by atoms with E-state index in [9.17, 15) is 4.79 Å². The summed E-state index contributed by atoms with van der Waals surface area (Å²) in [5.74, 6) is 5.83. The highest BCUT2D eigenvalue weighted by Gasteiger charge is 2.10. The minimum Gasteiger partial charge on any atom is -0.351 e. The molecule has 0 bridgehead atoms. The molecule has 4 N–H and O–H groups in total. The van der Waals surface area contributed by atoms with Crippen LogP contribution in [0.2, 0.25) is 0 Å². The molecule has 0 atom stereocenters. The Labute approximate surface area is 118 Å². The van der Waals surface area contributed by atoms with Gasteiger partial charge in [-0.2, -0.15) is 0 Å². The Balaban J connectivity index is 2.19. The molecule has 1 aromatic heterocycles. The van der Waals surface area contributed by atoms with Gasteiger partial charge in [0.1, 0.15) is 11.5 Å². The molecule has 0 saturated carbocycles. The molecule has 0 aliphatic heterocycles. The maximum Gasteiger partial charge on any atom is 0.269 e. The average Bonchev–Trinajstić information content (AvgIpc) is 2.50. The molecule has 0 saturated heterocycles. The van der Waals surface area contributed by atoms with Crippen molar-refractivity contribution in [3.05, 3.63) is 36.0 Å². The standard InChI is InChI=1S/C15H20N4O/c1-2-3-6-9-17-15(20)13-10-11-7-4-5-8-12(11)14(18-13)19-16/h4-5,7-8,10H,2-3,6,9,16H2,1H3,(H,17,20)(H,18,19). The van der Waals surface area contributed by atoms with Crippen LogP contribution < -0.4 is 16.6 Å². The molecule has 0 radical (unpaired) electrons. The number of nitrogens with one attached hydrogen (secondary N) is 2. The zero-order valence-corrected chi connectivity index (χ0v) is 11.6. The number of anilines is 1. The van der Waals surface area contributed by atoms with E-state index in [1.807, 2.05) is 24.3 Å². The minimum atomic E-state index is -0.164. The number of amides is 1. The first-order valence-electron chi connectivity index (χ1n) is 6.91. The number of nitrogens with zero attached hydrogens (tertiary/aromatic N) is 1. The zero-order chi connectivity index (χ0) is 14.4. The van der Waals surface area contributed by atoms with Gasteiger partial charge in [-0.15, -0.1) is 0 Å². The molecule has 0 fully saturated rings. The summed E-state index contributed by atoms with van der Waals surface area (Å²) < 4.78 is 0. The van der Waals surface area contributed by atoms with Gasteiger partial charge < -0.3 is 10.7 Å². The number of fused-ring (bicyclic) bond motifs is 1. The Morgan fingerprint density at radius 1 is 1.30 bits per heavy atom. The third-order valence-corrected chi connectivity index (χ3v) is 3.18. The smallest absolute Gasteiger partial charge is 0.269 e. The van der Waals surface area contributed by atoms with Crippen molar-refractivity contribution in [3.8, 4) is 0 Å². The molecule has 1 heterocycles. The summed E-state index contributed by atoms with van der Waals surface area (Å²) in [5, 5.41) is 4.72. The molecule has 20 heavy (non-hydrogen) atoms. The van der Waals surface area contributed by atoms with Crippen LogP contribution in [0.1, 0.15) is 36.7 Å². The van der Waals surface area contributed by atoms with E-state index in [0.717, 1.165) is 30.0 Å². The number of carbonyl (C=O) groups excluding carboxylic acids is 1. The monoisotopic (exact) mass is 272 g/mol.